The molecule has 126 valence electrons. The van der Waals surface area contributed by atoms with Crippen LogP contribution < -0.4 is 15.0 Å². The van der Waals surface area contributed by atoms with Gasteiger partial charge in [-0.2, -0.15) is 5.26 Å². The molecule has 6 nitrogen and oxygen atoms in total. The molecular formula is C19H17N3O3. The second-order valence-corrected chi connectivity index (χ2v) is 5.81. The van der Waals surface area contributed by atoms with E-state index >= 15 is 0 Å². The SMILES string of the molecule is C[C@H]1CC(=O)Nc2ccccc2N1C(=O)COc1cccc(C#N)c1. The third-order valence-electron chi connectivity index (χ3n) is 3.95. The molecule has 6 heteroatoms. The van der Waals surface area contributed by atoms with Crippen LogP contribution in [0.1, 0.15) is 18.9 Å². The molecule has 2 amide bonds. The van der Waals surface area contributed by atoms with Crippen LogP contribution in [0.15, 0.2) is 48.5 Å². The minimum atomic E-state index is -0.287. The van der Waals surface area contributed by atoms with Crippen LogP contribution in [0, 0.1) is 11.3 Å². The summed E-state index contributed by atoms with van der Waals surface area (Å²) in [5, 5.41) is 11.7. The first-order valence-corrected chi connectivity index (χ1v) is 7.92. The zero-order valence-corrected chi connectivity index (χ0v) is 13.7. The van der Waals surface area contributed by atoms with E-state index in [2.05, 4.69) is 5.32 Å². The highest BCUT2D eigenvalue weighted by Gasteiger charge is 2.29. The number of hydrogen-bond acceptors (Lipinski definition) is 4. The van der Waals surface area contributed by atoms with Crippen molar-refractivity contribution in [2.24, 2.45) is 0 Å². The van der Waals surface area contributed by atoms with Gasteiger partial charge >= 0.3 is 0 Å². The fraction of sp³-hybridized carbons (Fsp3) is 0.211. The van der Waals surface area contributed by atoms with Crippen LogP contribution in [0.25, 0.3) is 0 Å². The van der Waals surface area contributed by atoms with E-state index in [4.69, 9.17) is 10.00 Å². The quantitative estimate of drug-likeness (QED) is 0.935. The topological polar surface area (TPSA) is 82.4 Å². The van der Waals surface area contributed by atoms with Crippen LogP contribution in [0.3, 0.4) is 0 Å². The maximum atomic E-state index is 12.8. The molecule has 1 heterocycles. The molecule has 0 bridgehead atoms. The van der Waals surface area contributed by atoms with Gasteiger partial charge in [0.1, 0.15) is 5.75 Å². The predicted octanol–water partition coefficient (Wildman–Crippen LogP) is 2.70. The first-order valence-electron chi connectivity index (χ1n) is 7.92. The van der Waals surface area contributed by atoms with E-state index in [-0.39, 0.29) is 30.9 Å². The van der Waals surface area contributed by atoms with Crippen molar-refractivity contribution in [3.63, 3.8) is 0 Å². The van der Waals surface area contributed by atoms with E-state index < -0.39 is 0 Å². The molecule has 0 unspecified atom stereocenters. The molecule has 0 fully saturated rings. The van der Waals surface area contributed by atoms with Gasteiger partial charge in [-0.25, -0.2) is 0 Å². The van der Waals surface area contributed by atoms with Crippen LogP contribution >= 0.6 is 0 Å². The zero-order valence-electron chi connectivity index (χ0n) is 13.7. The molecule has 25 heavy (non-hydrogen) atoms. The Morgan fingerprint density at radius 2 is 2.12 bits per heavy atom. The summed E-state index contributed by atoms with van der Waals surface area (Å²) < 4.78 is 5.55. The fourth-order valence-electron chi connectivity index (χ4n) is 2.84. The second-order valence-electron chi connectivity index (χ2n) is 5.81. The summed E-state index contributed by atoms with van der Waals surface area (Å²) >= 11 is 0. The van der Waals surface area contributed by atoms with Crippen molar-refractivity contribution in [1.29, 1.82) is 5.26 Å². The van der Waals surface area contributed by atoms with Crippen LogP contribution in [-0.2, 0) is 9.59 Å². The lowest BCUT2D eigenvalue weighted by molar-refractivity contribution is -0.121. The molecule has 0 aromatic heterocycles. The average Bonchev–Trinajstić information content (AvgIpc) is 2.74. The van der Waals surface area contributed by atoms with Gasteiger partial charge in [-0.05, 0) is 37.3 Å². The van der Waals surface area contributed by atoms with Gasteiger partial charge in [-0.3, -0.25) is 9.59 Å². The lowest BCUT2D eigenvalue weighted by Crippen LogP contribution is -2.41. The number of nitrogens with zero attached hydrogens (tertiary/aromatic N) is 2. The summed E-state index contributed by atoms with van der Waals surface area (Å²) in [4.78, 5) is 26.3. The molecule has 0 saturated heterocycles. The summed E-state index contributed by atoms with van der Waals surface area (Å²) in [6.45, 7) is 1.65. The van der Waals surface area contributed by atoms with Crippen LogP contribution in [0.2, 0.25) is 0 Å². The predicted molar refractivity (Wildman–Crippen MR) is 93.3 cm³/mol. The summed E-state index contributed by atoms with van der Waals surface area (Å²) in [5.41, 5.74) is 1.73. The van der Waals surface area contributed by atoms with Crippen molar-refractivity contribution in [2.75, 3.05) is 16.8 Å². The van der Waals surface area contributed by atoms with Crippen LogP contribution in [0.4, 0.5) is 11.4 Å². The fourth-order valence-corrected chi connectivity index (χ4v) is 2.84. The average molecular weight is 335 g/mol. The Labute approximate surface area is 145 Å². The van der Waals surface area contributed by atoms with Gasteiger partial charge in [-0.1, -0.05) is 18.2 Å². The van der Waals surface area contributed by atoms with E-state index in [1.165, 1.54) is 0 Å². The number of benzene rings is 2. The third kappa shape index (κ3) is 3.61. The maximum absolute atomic E-state index is 12.8. The molecule has 1 N–H and O–H groups in total. The number of carbonyl (C=O) groups is 2. The Kier molecular flexibility index (Phi) is 4.66. The Hall–Kier alpha value is -3.33. The maximum Gasteiger partial charge on any atom is 0.265 e. The molecule has 1 atom stereocenters. The molecule has 2 aromatic carbocycles. The van der Waals surface area contributed by atoms with Crippen molar-refractivity contribution in [1.82, 2.24) is 0 Å². The number of hydrogen-bond donors (Lipinski definition) is 1. The molecule has 0 radical (unpaired) electrons. The minimum Gasteiger partial charge on any atom is -0.484 e. The molecule has 0 spiro atoms. The molecule has 1 aliphatic rings. The molecule has 0 saturated carbocycles. The van der Waals surface area contributed by atoms with E-state index in [0.29, 0.717) is 22.7 Å². The first-order chi connectivity index (χ1) is 12.1. The number of anilines is 2. The van der Waals surface area contributed by atoms with Crippen molar-refractivity contribution < 1.29 is 14.3 Å². The molecule has 1 aliphatic heterocycles. The Bertz CT molecular complexity index is 857. The number of fused-ring (bicyclic) bond motifs is 1. The van der Waals surface area contributed by atoms with Crippen molar-refractivity contribution in [2.45, 2.75) is 19.4 Å². The van der Waals surface area contributed by atoms with Gasteiger partial charge in [0.25, 0.3) is 5.91 Å². The standard InChI is InChI=1S/C19H17N3O3/c1-13-9-18(23)21-16-7-2-3-8-17(16)22(13)19(24)12-25-15-6-4-5-14(10-15)11-20/h2-8,10,13H,9,12H2,1H3,(H,21,23)/t13-/m0/s1. The van der Waals surface area contributed by atoms with Crippen molar-refractivity contribution in [3.8, 4) is 11.8 Å². The van der Waals surface area contributed by atoms with Gasteiger partial charge in [0.2, 0.25) is 5.91 Å². The smallest absolute Gasteiger partial charge is 0.265 e. The zero-order chi connectivity index (χ0) is 17.8. The van der Waals surface area contributed by atoms with Gasteiger partial charge in [0, 0.05) is 12.5 Å². The normalized spacial score (nSPS) is 16.2. The van der Waals surface area contributed by atoms with Gasteiger partial charge in [-0.15, -0.1) is 0 Å². The lowest BCUT2D eigenvalue weighted by Gasteiger charge is -2.27. The van der Waals surface area contributed by atoms with Gasteiger partial charge in [0.15, 0.2) is 6.61 Å². The van der Waals surface area contributed by atoms with E-state index in [9.17, 15) is 9.59 Å². The van der Waals surface area contributed by atoms with E-state index in [1.807, 2.05) is 25.1 Å². The monoisotopic (exact) mass is 335 g/mol. The summed E-state index contributed by atoms with van der Waals surface area (Å²) in [6.07, 6.45) is 0.213. The summed E-state index contributed by atoms with van der Waals surface area (Å²) in [7, 11) is 0. The highest BCUT2D eigenvalue weighted by atomic mass is 16.5. The van der Waals surface area contributed by atoms with Gasteiger partial charge in [0.05, 0.1) is 23.0 Å². The number of amides is 2. The number of nitrogens with one attached hydrogen (secondary N) is 1. The molecule has 3 rings (SSSR count). The number of carbonyl (C=O) groups excluding carboxylic acids is 2. The number of nitriles is 1. The highest BCUT2D eigenvalue weighted by molar-refractivity contribution is 6.04. The number of ether oxygens (including phenoxy) is 1. The summed E-state index contributed by atoms with van der Waals surface area (Å²) in [6, 6.07) is 15.6. The number of rotatable bonds is 3. The molecule has 0 aliphatic carbocycles. The second kappa shape index (κ2) is 7.05. The Balaban J connectivity index is 1.80. The van der Waals surface area contributed by atoms with Crippen LogP contribution in [-0.4, -0.2) is 24.5 Å². The highest BCUT2D eigenvalue weighted by Crippen LogP contribution is 2.31. The molecular weight excluding hydrogens is 318 g/mol. The van der Waals surface area contributed by atoms with E-state index in [1.54, 1.807) is 41.3 Å². The summed E-state index contributed by atoms with van der Waals surface area (Å²) in [5.74, 6) is 0.0778. The first kappa shape index (κ1) is 16.5. The Morgan fingerprint density at radius 1 is 1.32 bits per heavy atom. The number of para-hydroxylation sites is 2. The third-order valence-corrected chi connectivity index (χ3v) is 3.95. The van der Waals surface area contributed by atoms with Crippen molar-refractivity contribution in [3.05, 3.63) is 54.1 Å². The Morgan fingerprint density at radius 3 is 2.92 bits per heavy atom. The largest absolute Gasteiger partial charge is 0.484 e. The van der Waals surface area contributed by atoms with E-state index in [0.717, 1.165) is 0 Å². The minimum absolute atomic E-state index is 0.127. The lowest BCUT2D eigenvalue weighted by atomic mass is 10.1. The van der Waals surface area contributed by atoms with Crippen molar-refractivity contribution >= 4 is 23.2 Å². The van der Waals surface area contributed by atoms with Gasteiger partial charge < -0.3 is 15.0 Å². The van der Waals surface area contributed by atoms with Crippen LogP contribution in [0.5, 0.6) is 5.75 Å². The molecule has 2 aromatic rings.